The standard InChI is InChI=1S/3C22H31ClN2O5.C18H25ClN2O6S/c3*1-13-15(23)12-14-16(24-13)22(29-17(14)21(5,6)18(26)28-7)8-10-25(11-9-22)19(27)30-20(2,3)4;1-11-13(19)10-12-14(20-11)18(25-15(12)27-28(5,23)24)6-8-21(9-7-18)16(22)26-17(2,3)4/h3*12,17H,8-11H2,1-7H3;10,15H,6-9H2,1-5H3. The highest BCUT2D eigenvalue weighted by Crippen LogP contribution is 2.59. The van der Waals surface area contributed by atoms with Gasteiger partial charge in [0.05, 0.1) is 109 Å². The molecule has 0 N–H and O–H groups in total. The third-order valence-electron chi connectivity index (χ3n) is 22.2. The molecule has 4 aromatic rings. The number of halogens is 4. The molecule has 0 bridgehead atoms. The Morgan fingerprint density at radius 2 is 0.559 bits per heavy atom. The molecule has 8 aliphatic heterocycles. The summed E-state index contributed by atoms with van der Waals surface area (Å²) >= 11 is 25.3. The van der Waals surface area contributed by atoms with Gasteiger partial charge in [0, 0.05) is 87.5 Å². The Labute approximate surface area is 713 Å². The van der Waals surface area contributed by atoms with Gasteiger partial charge < -0.3 is 71.7 Å². The van der Waals surface area contributed by atoms with Gasteiger partial charge in [-0.05, 0) is 215 Å². The van der Waals surface area contributed by atoms with E-state index in [4.69, 9.17) is 118 Å². The second-order valence-electron chi connectivity index (χ2n) is 37.2. The number of aryl methyl sites for hydroxylation is 4. The molecule has 4 amide bonds. The Morgan fingerprint density at radius 1 is 0.364 bits per heavy atom. The van der Waals surface area contributed by atoms with Crippen molar-refractivity contribution in [1.82, 2.24) is 39.5 Å². The van der Waals surface area contributed by atoms with Crippen LogP contribution in [0.3, 0.4) is 0 Å². The van der Waals surface area contributed by atoms with Crippen molar-refractivity contribution in [3.8, 4) is 0 Å². The minimum atomic E-state index is -3.75. The molecule has 4 aromatic heterocycles. The molecule has 4 fully saturated rings. The lowest BCUT2D eigenvalue weighted by atomic mass is 9.81. The number of hydrogen-bond acceptors (Lipinski definition) is 25. The average Bonchev–Trinajstić information content (AvgIpc) is 1.53. The van der Waals surface area contributed by atoms with E-state index in [-0.39, 0.29) is 42.3 Å². The zero-order valence-electron chi connectivity index (χ0n) is 73.0. The van der Waals surface area contributed by atoms with Crippen molar-refractivity contribution in [2.75, 3.05) is 79.9 Å². The summed E-state index contributed by atoms with van der Waals surface area (Å²) in [6.07, 6.45) is 1.08. The van der Waals surface area contributed by atoms with E-state index in [0.717, 1.165) is 40.0 Å². The second kappa shape index (κ2) is 34.7. The number of pyridine rings is 4. The molecule has 118 heavy (non-hydrogen) atoms. The Hall–Kier alpha value is -7.00. The first-order valence-electron chi connectivity index (χ1n) is 39.7. The Kier molecular flexibility index (Phi) is 27.9. The Morgan fingerprint density at radius 3 is 0.754 bits per heavy atom. The van der Waals surface area contributed by atoms with Crippen molar-refractivity contribution in [3.05, 3.63) is 112 Å². The smallest absolute Gasteiger partial charge is 0.410 e. The topological polar surface area (TPSA) is 329 Å². The SMILES string of the molecule is COC(=O)C(C)(C)C1OC2(CCN(C(=O)OC(C)(C)C)CC2)c2nc(C)c(Cl)cc21.COC(=O)C(C)(C)C1OC2(CCN(C(=O)OC(C)(C)C)CC2)c2nc(C)c(Cl)cc21.COC(=O)C(C)(C)C1OC2(CCN(C(=O)OC(C)(C)C)CC2)c2nc(C)c(Cl)cc21.Cc1nc2c(cc1Cl)C(OS(C)(=O)=O)OC21CCN(C(=O)OC(C)(C)C)CC1. The van der Waals surface area contributed by atoms with Gasteiger partial charge in [-0.3, -0.25) is 34.3 Å². The molecule has 4 saturated heterocycles. The maximum atomic E-state index is 12.5. The molecule has 0 aliphatic carbocycles. The number of methoxy groups -OCH3 is 3. The molecule has 0 saturated carbocycles. The summed E-state index contributed by atoms with van der Waals surface area (Å²) in [5.74, 6) is -1.09. The number of likely N-dealkylation sites (tertiary alicyclic amines) is 4. The van der Waals surface area contributed by atoms with Crippen molar-refractivity contribution in [3.63, 3.8) is 0 Å². The summed E-state index contributed by atoms with van der Waals surface area (Å²) in [5, 5.41) is 2.01. The number of nitrogens with zero attached hydrogens (tertiary/aromatic N) is 8. The first-order chi connectivity index (χ1) is 54.2. The number of aromatic nitrogens is 4. The summed E-state index contributed by atoms with van der Waals surface area (Å²) in [4.78, 5) is 113. The normalized spacial score (nSPS) is 21.0. The van der Waals surface area contributed by atoms with E-state index < -0.39 is 95.8 Å². The zero-order chi connectivity index (χ0) is 88.4. The maximum Gasteiger partial charge on any atom is 0.410 e. The van der Waals surface area contributed by atoms with Gasteiger partial charge in [-0.1, -0.05) is 46.4 Å². The summed E-state index contributed by atoms with van der Waals surface area (Å²) in [6, 6.07) is 7.20. The molecule has 8 aliphatic rings. The number of carbonyl (C=O) groups excluding carboxylic acids is 7. The van der Waals surface area contributed by atoms with Crippen molar-refractivity contribution in [2.45, 2.75) is 273 Å². The number of piperidine rings is 4. The summed E-state index contributed by atoms with van der Waals surface area (Å²) < 4.78 is 91.3. The number of hydrogen-bond donors (Lipinski definition) is 0. The van der Waals surface area contributed by atoms with Crippen LogP contribution >= 0.6 is 46.4 Å². The summed E-state index contributed by atoms with van der Waals surface area (Å²) in [5.41, 5.74) is 0.860. The van der Waals surface area contributed by atoms with E-state index in [1.54, 1.807) is 74.1 Å². The number of carbonyl (C=O) groups is 7. The van der Waals surface area contributed by atoms with Gasteiger partial charge in [0.25, 0.3) is 10.1 Å². The Balaban J connectivity index is 0.000000179. The predicted molar refractivity (Wildman–Crippen MR) is 439 cm³/mol. The molecule has 34 heteroatoms. The highest BCUT2D eigenvalue weighted by molar-refractivity contribution is 7.86. The van der Waals surface area contributed by atoms with Gasteiger partial charge in [-0.2, -0.15) is 8.42 Å². The quantitative estimate of drug-likeness (QED) is 0.0898. The van der Waals surface area contributed by atoms with Crippen LogP contribution in [0.25, 0.3) is 0 Å². The first-order valence-corrected chi connectivity index (χ1v) is 43.0. The van der Waals surface area contributed by atoms with Crippen molar-refractivity contribution in [2.24, 2.45) is 16.2 Å². The molecular weight excluding hydrogens is 1630 g/mol. The maximum absolute atomic E-state index is 12.5. The minimum Gasteiger partial charge on any atom is -0.469 e. The van der Waals surface area contributed by atoms with Gasteiger partial charge in [0.2, 0.25) is 6.29 Å². The molecule has 12 heterocycles. The molecule has 12 rings (SSSR count). The molecular formula is C84H118Cl4N8O21S. The van der Waals surface area contributed by atoms with Gasteiger partial charge in [0.15, 0.2) is 0 Å². The Bertz CT molecular complexity index is 4260. The van der Waals surface area contributed by atoms with E-state index in [2.05, 4.69) is 4.98 Å². The fraction of sp³-hybridized carbons (Fsp3) is 0.679. The van der Waals surface area contributed by atoms with Crippen LogP contribution in [-0.4, -0.2) is 193 Å². The lowest BCUT2D eigenvalue weighted by molar-refractivity contribution is -0.177. The van der Waals surface area contributed by atoms with Crippen molar-refractivity contribution in [1.29, 1.82) is 0 Å². The molecule has 4 spiro atoms. The number of amides is 4. The minimum absolute atomic E-state index is 0.331. The fourth-order valence-electron chi connectivity index (χ4n) is 15.9. The zero-order valence-corrected chi connectivity index (χ0v) is 76.8. The van der Waals surface area contributed by atoms with Crippen molar-refractivity contribution < 1.29 is 98.3 Å². The van der Waals surface area contributed by atoms with E-state index >= 15 is 0 Å². The van der Waals surface area contributed by atoms with Gasteiger partial charge in [-0.25, -0.2) is 23.4 Å². The van der Waals surface area contributed by atoms with Crippen LogP contribution in [0.2, 0.25) is 20.1 Å². The first kappa shape index (κ1) is 94.8. The van der Waals surface area contributed by atoms with Crippen LogP contribution in [0, 0.1) is 43.9 Å². The van der Waals surface area contributed by atoms with Gasteiger partial charge in [-0.15, -0.1) is 0 Å². The highest BCUT2D eigenvalue weighted by Gasteiger charge is 2.60. The van der Waals surface area contributed by atoms with Crippen LogP contribution in [-0.2, 0) is 103 Å². The molecule has 4 atom stereocenters. The third-order valence-corrected chi connectivity index (χ3v) is 24.2. The second-order valence-corrected chi connectivity index (χ2v) is 40.4. The molecule has 0 radical (unpaired) electrons. The van der Waals surface area contributed by atoms with E-state index in [0.29, 0.717) is 158 Å². The van der Waals surface area contributed by atoms with E-state index in [9.17, 15) is 42.0 Å². The van der Waals surface area contributed by atoms with Crippen LogP contribution in [0.1, 0.15) is 268 Å². The van der Waals surface area contributed by atoms with Gasteiger partial charge >= 0.3 is 42.3 Å². The van der Waals surface area contributed by atoms with Crippen LogP contribution in [0.5, 0.6) is 0 Å². The summed E-state index contributed by atoms with van der Waals surface area (Å²) in [6.45, 7) is 43.9. The molecule has 0 aromatic carbocycles. The lowest BCUT2D eigenvalue weighted by Crippen LogP contribution is -2.47. The monoisotopic (exact) mass is 1750 g/mol. The van der Waals surface area contributed by atoms with Crippen molar-refractivity contribution >= 4 is 98.8 Å². The molecule has 4 unspecified atom stereocenters. The van der Waals surface area contributed by atoms with Crippen LogP contribution in [0.4, 0.5) is 19.2 Å². The van der Waals surface area contributed by atoms with E-state index in [1.807, 2.05) is 122 Å². The third kappa shape index (κ3) is 20.7. The number of rotatable bonds is 8. The van der Waals surface area contributed by atoms with Crippen LogP contribution < -0.4 is 0 Å². The predicted octanol–water partition coefficient (Wildman–Crippen LogP) is 16.9. The summed E-state index contributed by atoms with van der Waals surface area (Å²) in [7, 11) is 0.358. The molecule has 29 nitrogen and oxygen atoms in total. The highest BCUT2D eigenvalue weighted by atomic mass is 35.5. The van der Waals surface area contributed by atoms with E-state index in [1.165, 1.54) is 21.3 Å². The number of fused-ring (bicyclic) bond motifs is 8. The van der Waals surface area contributed by atoms with Crippen LogP contribution in [0.15, 0.2) is 24.3 Å². The fourth-order valence-corrected chi connectivity index (χ4v) is 17.0. The van der Waals surface area contributed by atoms with Gasteiger partial charge in [0.1, 0.15) is 63.1 Å². The average molecular weight is 1750 g/mol. The molecule has 654 valence electrons. The number of ether oxygens (including phenoxy) is 11. The number of esters is 3. The lowest BCUT2D eigenvalue weighted by Gasteiger charge is -2.40. The largest absolute Gasteiger partial charge is 0.469 e.